The molecule has 14 heteroatoms. The Balaban J connectivity index is 0.000000310. The zero-order valence-electron chi connectivity index (χ0n) is 17.4. The van der Waals surface area contributed by atoms with Gasteiger partial charge >= 0.3 is 6.18 Å². The van der Waals surface area contributed by atoms with Crippen LogP contribution in [0.1, 0.15) is 34.1 Å². The molecule has 1 aromatic heterocycles. The van der Waals surface area contributed by atoms with E-state index in [4.69, 9.17) is 38.8 Å². The summed E-state index contributed by atoms with van der Waals surface area (Å²) in [6.07, 6.45) is -4.64. The van der Waals surface area contributed by atoms with E-state index in [0.29, 0.717) is 12.1 Å². The van der Waals surface area contributed by atoms with E-state index >= 15 is 0 Å². The molecular formula is C20H15Cl2F3N4O4S. The maximum Gasteiger partial charge on any atom is 0.416 e. The molecule has 0 saturated carbocycles. The average molecular weight is 535 g/mol. The van der Waals surface area contributed by atoms with Crippen LogP contribution in [0, 0.1) is 18.3 Å². The Labute approximate surface area is 202 Å². The number of nitrogens with two attached hydrogens (primary N) is 1. The van der Waals surface area contributed by atoms with Crippen molar-refractivity contribution in [3.8, 4) is 11.8 Å². The Morgan fingerprint density at radius 3 is 2.03 bits per heavy atom. The summed E-state index contributed by atoms with van der Waals surface area (Å²) in [7, 11) is -4.02. The molecule has 0 bridgehead atoms. The number of benzene rings is 2. The number of ketones is 1. The van der Waals surface area contributed by atoms with Gasteiger partial charge in [0.25, 0.3) is 10.1 Å². The van der Waals surface area contributed by atoms with E-state index in [2.05, 4.69) is 5.10 Å². The van der Waals surface area contributed by atoms with E-state index < -0.39 is 27.6 Å². The minimum absolute atomic E-state index is 0.0666. The van der Waals surface area contributed by atoms with Crippen LogP contribution in [-0.2, 0) is 16.3 Å². The third-order valence-electron chi connectivity index (χ3n) is 4.25. The van der Waals surface area contributed by atoms with Gasteiger partial charge in [0.05, 0.1) is 26.1 Å². The molecule has 0 aliphatic heterocycles. The second-order valence-corrected chi connectivity index (χ2v) is 9.00. The summed E-state index contributed by atoms with van der Waals surface area (Å²) < 4.78 is 68.6. The maximum atomic E-state index is 12.7. The van der Waals surface area contributed by atoms with Gasteiger partial charge < -0.3 is 5.73 Å². The molecular weight excluding hydrogens is 520 g/mol. The predicted molar refractivity (Wildman–Crippen MR) is 119 cm³/mol. The first-order valence-corrected chi connectivity index (χ1v) is 11.2. The Bertz CT molecular complexity index is 1370. The van der Waals surface area contributed by atoms with Gasteiger partial charge in [0.15, 0.2) is 11.5 Å². The molecule has 0 spiro atoms. The molecule has 3 aromatic rings. The molecule has 180 valence electrons. The number of nitriles is 1. The van der Waals surface area contributed by atoms with Crippen LogP contribution in [0.25, 0.3) is 5.69 Å². The monoisotopic (exact) mass is 534 g/mol. The number of hydrogen-bond donors (Lipinski definition) is 2. The molecule has 0 amide bonds. The zero-order valence-corrected chi connectivity index (χ0v) is 19.7. The molecule has 0 aliphatic carbocycles. The third kappa shape index (κ3) is 6.06. The van der Waals surface area contributed by atoms with Crippen molar-refractivity contribution in [2.75, 3.05) is 5.73 Å². The van der Waals surface area contributed by atoms with E-state index in [9.17, 15) is 26.4 Å². The summed E-state index contributed by atoms with van der Waals surface area (Å²) in [6.45, 7) is 3.02. The molecule has 0 aliphatic rings. The van der Waals surface area contributed by atoms with Crippen molar-refractivity contribution in [3.63, 3.8) is 0 Å². The number of halogens is 5. The third-order valence-corrected chi connectivity index (χ3v) is 5.70. The topological polar surface area (TPSA) is 139 Å². The van der Waals surface area contributed by atoms with Crippen molar-refractivity contribution in [2.24, 2.45) is 0 Å². The van der Waals surface area contributed by atoms with Gasteiger partial charge in [-0.05, 0) is 38.1 Å². The largest absolute Gasteiger partial charge is 0.416 e. The number of nitrogens with zero attached hydrogens (tertiary/aromatic N) is 3. The normalized spacial score (nSPS) is 11.4. The van der Waals surface area contributed by atoms with Gasteiger partial charge in [-0.1, -0.05) is 40.9 Å². The molecule has 0 fully saturated rings. The molecule has 34 heavy (non-hydrogen) atoms. The molecule has 0 atom stereocenters. The van der Waals surface area contributed by atoms with E-state index in [1.807, 2.05) is 6.92 Å². The lowest BCUT2D eigenvalue weighted by molar-refractivity contribution is -0.137. The van der Waals surface area contributed by atoms with Crippen molar-refractivity contribution in [2.45, 2.75) is 24.9 Å². The van der Waals surface area contributed by atoms with Crippen molar-refractivity contribution in [1.29, 1.82) is 5.26 Å². The number of carbonyl (C=O) groups is 1. The molecule has 0 saturated heterocycles. The number of carbonyl (C=O) groups excluding carboxylic acids is 1. The van der Waals surface area contributed by atoms with Crippen LogP contribution in [-0.4, -0.2) is 28.5 Å². The van der Waals surface area contributed by atoms with Crippen molar-refractivity contribution in [3.05, 3.63) is 68.8 Å². The van der Waals surface area contributed by atoms with Gasteiger partial charge in [0.1, 0.15) is 17.6 Å². The number of Topliss-reactive ketones (excluding diaryl/α,β-unsaturated/α-hetero) is 1. The number of aromatic nitrogens is 2. The fourth-order valence-electron chi connectivity index (χ4n) is 2.67. The quantitative estimate of drug-likeness (QED) is 0.352. The van der Waals surface area contributed by atoms with Gasteiger partial charge in [0.2, 0.25) is 0 Å². The van der Waals surface area contributed by atoms with Crippen LogP contribution in [0.3, 0.4) is 0 Å². The molecule has 2 aromatic carbocycles. The van der Waals surface area contributed by atoms with E-state index in [0.717, 1.165) is 10.2 Å². The number of alkyl halides is 3. The average Bonchev–Trinajstić information content (AvgIpc) is 3.03. The van der Waals surface area contributed by atoms with Crippen molar-refractivity contribution in [1.82, 2.24) is 9.78 Å². The summed E-state index contributed by atoms with van der Waals surface area (Å²) in [5.41, 5.74) is 5.09. The number of hydrogen-bond acceptors (Lipinski definition) is 6. The number of aryl methyl sites for hydroxylation is 1. The molecule has 3 rings (SSSR count). The summed E-state index contributed by atoms with van der Waals surface area (Å²) >= 11 is 11.7. The zero-order chi connectivity index (χ0) is 26.0. The standard InChI is InChI=1S/C13H7Cl2F3N4O.C7H8O3S/c1-5(23)10-9(4-19)21-22(12(10)20)11-7(14)2-6(3-8(11)15)13(16,17)18;1-6-2-4-7(5-3-6)11(8,9)10/h2-3H,20H2,1H3;2-5H,1H3,(H,8,9,10). The number of nitrogen functional groups attached to an aromatic ring is 1. The van der Waals surface area contributed by atoms with Crippen LogP contribution >= 0.6 is 23.2 Å². The van der Waals surface area contributed by atoms with E-state index in [1.54, 1.807) is 18.2 Å². The van der Waals surface area contributed by atoms with Gasteiger partial charge in [-0.2, -0.15) is 31.9 Å². The lowest BCUT2D eigenvalue weighted by Crippen LogP contribution is -2.09. The van der Waals surface area contributed by atoms with Gasteiger partial charge in [0, 0.05) is 0 Å². The Morgan fingerprint density at radius 1 is 1.18 bits per heavy atom. The second kappa shape index (κ2) is 10.0. The minimum Gasteiger partial charge on any atom is -0.383 e. The fraction of sp³-hybridized carbons (Fsp3) is 0.150. The molecule has 0 radical (unpaired) electrons. The lowest BCUT2D eigenvalue weighted by Gasteiger charge is -2.13. The minimum atomic E-state index is -4.64. The van der Waals surface area contributed by atoms with Crippen LogP contribution in [0.5, 0.6) is 0 Å². The van der Waals surface area contributed by atoms with Crippen molar-refractivity contribution >= 4 is 44.9 Å². The number of rotatable bonds is 3. The first-order valence-electron chi connectivity index (χ1n) is 8.98. The van der Waals surface area contributed by atoms with E-state index in [-0.39, 0.29) is 37.7 Å². The van der Waals surface area contributed by atoms with Gasteiger partial charge in [-0.3, -0.25) is 9.35 Å². The van der Waals surface area contributed by atoms with Gasteiger partial charge in [-0.15, -0.1) is 0 Å². The summed E-state index contributed by atoms with van der Waals surface area (Å²) in [6, 6.07) is 8.98. The maximum absolute atomic E-state index is 12.7. The van der Waals surface area contributed by atoms with Crippen LogP contribution in [0.15, 0.2) is 41.3 Å². The Morgan fingerprint density at radius 2 is 1.68 bits per heavy atom. The highest BCUT2D eigenvalue weighted by atomic mass is 35.5. The van der Waals surface area contributed by atoms with Crippen LogP contribution in [0.2, 0.25) is 10.0 Å². The highest BCUT2D eigenvalue weighted by Gasteiger charge is 2.33. The highest BCUT2D eigenvalue weighted by molar-refractivity contribution is 7.85. The Kier molecular flexibility index (Phi) is 8.00. The smallest absolute Gasteiger partial charge is 0.383 e. The first-order chi connectivity index (χ1) is 15.6. The second-order valence-electron chi connectivity index (χ2n) is 6.76. The highest BCUT2D eigenvalue weighted by Crippen LogP contribution is 2.38. The predicted octanol–water partition coefficient (Wildman–Crippen LogP) is 5.10. The van der Waals surface area contributed by atoms with Crippen LogP contribution < -0.4 is 5.73 Å². The molecule has 1 heterocycles. The van der Waals surface area contributed by atoms with E-state index in [1.165, 1.54) is 19.1 Å². The fourth-order valence-corrected chi connectivity index (χ4v) is 3.80. The van der Waals surface area contributed by atoms with Crippen molar-refractivity contribution < 1.29 is 30.9 Å². The van der Waals surface area contributed by atoms with Crippen LogP contribution in [0.4, 0.5) is 19.0 Å². The first kappa shape index (κ1) is 27.1. The summed E-state index contributed by atoms with van der Waals surface area (Å²) in [4.78, 5) is 11.5. The molecule has 3 N–H and O–H groups in total. The Hall–Kier alpha value is -3.11. The summed E-state index contributed by atoms with van der Waals surface area (Å²) in [5.74, 6) is -0.762. The lowest BCUT2D eigenvalue weighted by atomic mass is 10.1. The molecule has 0 unspecified atom stereocenters. The molecule has 8 nitrogen and oxygen atoms in total. The summed E-state index contributed by atoms with van der Waals surface area (Å²) in [5, 5.41) is 12.0. The van der Waals surface area contributed by atoms with Gasteiger partial charge in [-0.25, -0.2) is 4.68 Å². The SMILES string of the molecule is CC(=O)c1c(C#N)nn(-c2c(Cl)cc(C(F)(F)F)cc2Cl)c1N.Cc1ccc(S(=O)(=O)O)cc1. The number of anilines is 1.